The van der Waals surface area contributed by atoms with E-state index in [0.29, 0.717) is 35.8 Å². The molecule has 0 aliphatic carbocycles. The number of thiophene rings is 1. The predicted octanol–water partition coefficient (Wildman–Crippen LogP) is 1.41. The number of nitrogens with zero attached hydrogens (tertiary/aromatic N) is 2. The van der Waals surface area contributed by atoms with Gasteiger partial charge in [0.25, 0.3) is 0 Å². The van der Waals surface area contributed by atoms with E-state index < -0.39 is 0 Å². The number of nitrogen functional groups attached to an aromatic ring is 1. The number of hydrogen-bond donors (Lipinski definition) is 2. The van der Waals surface area contributed by atoms with E-state index in [1.807, 2.05) is 4.90 Å². The first-order chi connectivity index (χ1) is 8.17. The number of fused-ring (bicyclic) bond motifs is 1. The van der Waals surface area contributed by atoms with Crippen molar-refractivity contribution < 1.29 is 4.79 Å². The molecule has 2 N–H and O–H groups in total. The molecule has 0 radical (unpaired) electrons. The number of nitriles is 1. The molecule has 1 aromatic rings. The monoisotopic (exact) mass is 267 g/mol. The highest BCUT2D eigenvalue weighted by Crippen LogP contribution is 2.34. The Kier molecular flexibility index (Phi) is 3.60. The summed E-state index contributed by atoms with van der Waals surface area (Å²) in [5, 5.41) is 9.58. The minimum Gasteiger partial charge on any atom is -0.389 e. The highest BCUT2D eigenvalue weighted by Gasteiger charge is 2.25. The zero-order valence-electron chi connectivity index (χ0n) is 9.27. The molecule has 2 heterocycles. The molecule has 90 valence electrons. The largest absolute Gasteiger partial charge is 0.389 e. The van der Waals surface area contributed by atoms with E-state index in [0.717, 1.165) is 16.9 Å². The molecule has 4 nitrogen and oxygen atoms in total. The van der Waals surface area contributed by atoms with Crippen molar-refractivity contribution >= 4 is 34.9 Å². The molecule has 2 rings (SSSR count). The Bertz CT molecular complexity index is 490. The van der Waals surface area contributed by atoms with Crippen molar-refractivity contribution in [2.45, 2.75) is 19.4 Å². The van der Waals surface area contributed by atoms with Gasteiger partial charge >= 0.3 is 0 Å². The molecular weight excluding hydrogens is 254 g/mol. The Hall–Kier alpha value is -1.19. The van der Waals surface area contributed by atoms with Crippen LogP contribution < -0.4 is 5.73 Å². The van der Waals surface area contributed by atoms with Crippen LogP contribution in [0.1, 0.15) is 22.4 Å². The van der Waals surface area contributed by atoms with E-state index in [9.17, 15) is 4.79 Å². The highest BCUT2D eigenvalue weighted by atomic mass is 32.1. The standard InChI is InChI=1S/C11H13N3OS2/c12-5-8-7-1-3-14(10(15)2-4-16)6-9(7)17-11(8)13/h16H,1-4,6,13H2. The zero-order chi connectivity index (χ0) is 12.4. The van der Waals surface area contributed by atoms with E-state index in [1.54, 1.807) is 0 Å². The van der Waals surface area contributed by atoms with E-state index in [1.165, 1.54) is 11.3 Å². The summed E-state index contributed by atoms with van der Waals surface area (Å²) in [4.78, 5) is 14.6. The second kappa shape index (κ2) is 4.98. The maximum absolute atomic E-state index is 11.8. The van der Waals surface area contributed by atoms with Gasteiger partial charge in [0.2, 0.25) is 5.91 Å². The summed E-state index contributed by atoms with van der Waals surface area (Å²) < 4.78 is 0. The fraction of sp³-hybridized carbons (Fsp3) is 0.455. The number of thiol groups is 1. The van der Waals surface area contributed by atoms with Crippen LogP contribution in [0.3, 0.4) is 0 Å². The van der Waals surface area contributed by atoms with E-state index in [2.05, 4.69) is 18.7 Å². The lowest BCUT2D eigenvalue weighted by atomic mass is 10.0. The van der Waals surface area contributed by atoms with Crippen LogP contribution in [0.15, 0.2) is 0 Å². The number of amides is 1. The second-order valence-electron chi connectivity index (χ2n) is 3.89. The summed E-state index contributed by atoms with van der Waals surface area (Å²) in [6.07, 6.45) is 1.19. The summed E-state index contributed by atoms with van der Waals surface area (Å²) in [6, 6.07) is 2.14. The van der Waals surface area contributed by atoms with Crippen molar-refractivity contribution in [3.05, 3.63) is 16.0 Å². The first kappa shape index (κ1) is 12.3. The molecule has 0 saturated heterocycles. The lowest BCUT2D eigenvalue weighted by molar-refractivity contribution is -0.131. The first-order valence-corrected chi connectivity index (χ1v) is 6.81. The SMILES string of the molecule is N#Cc1c(N)sc2c1CCN(C(=O)CCS)C2. The lowest BCUT2D eigenvalue weighted by Crippen LogP contribution is -2.35. The zero-order valence-corrected chi connectivity index (χ0v) is 11.0. The summed E-state index contributed by atoms with van der Waals surface area (Å²) in [6.45, 7) is 1.25. The second-order valence-corrected chi connectivity index (χ2v) is 5.48. The van der Waals surface area contributed by atoms with Crippen LogP contribution in [0.2, 0.25) is 0 Å². The fourth-order valence-corrected chi connectivity index (χ4v) is 3.29. The molecule has 0 unspecified atom stereocenters. The maximum atomic E-state index is 11.8. The molecule has 0 saturated carbocycles. The average Bonchev–Trinajstić information content (AvgIpc) is 2.63. The van der Waals surface area contributed by atoms with Crippen molar-refractivity contribution in [3.8, 4) is 6.07 Å². The van der Waals surface area contributed by atoms with Crippen LogP contribution in [0.4, 0.5) is 5.00 Å². The van der Waals surface area contributed by atoms with Gasteiger partial charge in [-0.1, -0.05) is 0 Å². The molecule has 0 aromatic carbocycles. The van der Waals surface area contributed by atoms with Crippen LogP contribution in [0.5, 0.6) is 0 Å². The molecule has 1 aromatic heterocycles. The van der Waals surface area contributed by atoms with Crippen LogP contribution >= 0.6 is 24.0 Å². The molecule has 17 heavy (non-hydrogen) atoms. The van der Waals surface area contributed by atoms with E-state index in [4.69, 9.17) is 11.0 Å². The summed E-state index contributed by atoms with van der Waals surface area (Å²) >= 11 is 5.49. The van der Waals surface area contributed by atoms with Crippen molar-refractivity contribution in [3.63, 3.8) is 0 Å². The van der Waals surface area contributed by atoms with Gasteiger partial charge in [-0.2, -0.15) is 17.9 Å². The summed E-state index contributed by atoms with van der Waals surface area (Å²) in [5.41, 5.74) is 7.43. The van der Waals surface area contributed by atoms with E-state index >= 15 is 0 Å². The first-order valence-electron chi connectivity index (χ1n) is 5.36. The Labute approximate surface area is 109 Å². The van der Waals surface area contributed by atoms with Crippen molar-refractivity contribution in [2.75, 3.05) is 18.0 Å². The third kappa shape index (κ3) is 2.26. The Morgan fingerprint density at radius 1 is 1.65 bits per heavy atom. The van der Waals surface area contributed by atoms with Gasteiger partial charge in [0.1, 0.15) is 11.1 Å². The van der Waals surface area contributed by atoms with Crippen molar-refractivity contribution in [1.82, 2.24) is 4.90 Å². The quantitative estimate of drug-likeness (QED) is 0.796. The highest BCUT2D eigenvalue weighted by molar-refractivity contribution is 7.80. The van der Waals surface area contributed by atoms with Gasteiger partial charge in [0.05, 0.1) is 12.1 Å². The molecule has 0 fully saturated rings. The number of rotatable bonds is 2. The number of carbonyl (C=O) groups excluding carboxylic acids is 1. The molecule has 0 spiro atoms. The average molecular weight is 267 g/mol. The molecule has 1 aliphatic heterocycles. The van der Waals surface area contributed by atoms with Crippen molar-refractivity contribution in [1.29, 1.82) is 5.26 Å². The molecular formula is C11H13N3OS2. The fourth-order valence-electron chi connectivity index (χ4n) is 2.01. The smallest absolute Gasteiger partial charge is 0.223 e. The molecule has 0 bridgehead atoms. The maximum Gasteiger partial charge on any atom is 0.223 e. The summed E-state index contributed by atoms with van der Waals surface area (Å²) in [5.74, 6) is 0.689. The summed E-state index contributed by atoms with van der Waals surface area (Å²) in [7, 11) is 0. The van der Waals surface area contributed by atoms with Gasteiger partial charge in [-0.3, -0.25) is 4.79 Å². The number of carbonyl (C=O) groups is 1. The van der Waals surface area contributed by atoms with Crippen LogP contribution in [0.25, 0.3) is 0 Å². The van der Waals surface area contributed by atoms with Crippen LogP contribution in [-0.4, -0.2) is 23.1 Å². The molecule has 0 atom stereocenters. The molecule has 1 amide bonds. The van der Waals surface area contributed by atoms with Gasteiger partial charge in [-0.15, -0.1) is 11.3 Å². The Morgan fingerprint density at radius 3 is 3.06 bits per heavy atom. The van der Waals surface area contributed by atoms with Gasteiger partial charge in [-0.25, -0.2) is 0 Å². The Morgan fingerprint density at radius 2 is 2.41 bits per heavy atom. The van der Waals surface area contributed by atoms with Gasteiger partial charge in [-0.05, 0) is 17.7 Å². The Balaban J connectivity index is 2.21. The molecule has 1 aliphatic rings. The van der Waals surface area contributed by atoms with Gasteiger partial charge in [0.15, 0.2) is 0 Å². The van der Waals surface area contributed by atoms with E-state index in [-0.39, 0.29) is 5.91 Å². The lowest BCUT2D eigenvalue weighted by Gasteiger charge is -2.26. The minimum absolute atomic E-state index is 0.121. The van der Waals surface area contributed by atoms with Crippen LogP contribution in [-0.2, 0) is 17.8 Å². The third-order valence-corrected chi connectivity index (χ3v) is 4.14. The number of nitrogens with two attached hydrogens (primary N) is 1. The predicted molar refractivity (Wildman–Crippen MR) is 71.0 cm³/mol. The van der Waals surface area contributed by atoms with Crippen LogP contribution in [0, 0.1) is 11.3 Å². The third-order valence-electron chi connectivity index (χ3n) is 2.87. The minimum atomic E-state index is 0.121. The number of anilines is 1. The normalized spacial score (nSPS) is 14.2. The van der Waals surface area contributed by atoms with Gasteiger partial charge < -0.3 is 10.6 Å². The van der Waals surface area contributed by atoms with Crippen molar-refractivity contribution in [2.24, 2.45) is 0 Å². The van der Waals surface area contributed by atoms with Gasteiger partial charge in [0, 0.05) is 17.8 Å². The topological polar surface area (TPSA) is 70.1 Å². The number of hydrogen-bond acceptors (Lipinski definition) is 5. The molecule has 6 heteroatoms.